The van der Waals surface area contributed by atoms with Gasteiger partial charge in [-0.3, -0.25) is 9.78 Å². The van der Waals surface area contributed by atoms with Crippen LogP contribution in [-0.2, 0) is 6.54 Å². The average molecular weight is 331 g/mol. The molecule has 4 aromatic rings. The number of aryl methyl sites for hydroxylation is 1. The molecule has 0 saturated carbocycles. The molecule has 1 amide bonds. The lowest BCUT2D eigenvalue weighted by molar-refractivity contribution is 0.102. The number of benzene rings is 1. The molecule has 6 heteroatoms. The third kappa shape index (κ3) is 2.82. The average Bonchev–Trinajstić information content (AvgIpc) is 2.97. The Kier molecular flexibility index (Phi) is 3.85. The van der Waals surface area contributed by atoms with Gasteiger partial charge in [0.15, 0.2) is 11.5 Å². The highest BCUT2D eigenvalue weighted by Gasteiger charge is 2.16. The minimum Gasteiger partial charge on any atom is -0.303 e. The Balaban J connectivity index is 1.82. The molecule has 3 aromatic heterocycles. The van der Waals surface area contributed by atoms with E-state index in [2.05, 4.69) is 22.3 Å². The summed E-state index contributed by atoms with van der Waals surface area (Å²) in [5, 5.41) is 9.28. The number of rotatable bonds is 4. The molecule has 6 nitrogen and oxygen atoms in total. The number of para-hydroxylation sites is 1. The Morgan fingerprint density at radius 1 is 1.16 bits per heavy atom. The Hall–Kier alpha value is -3.28. The van der Waals surface area contributed by atoms with E-state index in [-0.39, 0.29) is 5.91 Å². The molecule has 0 aliphatic carbocycles. The van der Waals surface area contributed by atoms with Crippen LogP contribution in [0.5, 0.6) is 0 Å². The lowest BCUT2D eigenvalue weighted by atomic mass is 10.2. The van der Waals surface area contributed by atoms with Crippen LogP contribution in [0.1, 0.15) is 23.8 Å². The number of aromatic nitrogens is 4. The maximum absolute atomic E-state index is 12.4. The van der Waals surface area contributed by atoms with Crippen LogP contribution < -0.4 is 5.32 Å². The number of amides is 1. The topological polar surface area (TPSA) is 72.7 Å². The van der Waals surface area contributed by atoms with E-state index in [4.69, 9.17) is 4.98 Å². The van der Waals surface area contributed by atoms with E-state index in [1.165, 1.54) is 0 Å². The monoisotopic (exact) mass is 331 g/mol. The van der Waals surface area contributed by atoms with Crippen molar-refractivity contribution in [3.63, 3.8) is 0 Å². The molecule has 3 heterocycles. The second kappa shape index (κ2) is 6.32. The van der Waals surface area contributed by atoms with Gasteiger partial charge in [-0.1, -0.05) is 31.2 Å². The van der Waals surface area contributed by atoms with E-state index in [9.17, 15) is 4.79 Å². The van der Waals surface area contributed by atoms with Gasteiger partial charge in [-0.15, -0.1) is 0 Å². The third-order valence-corrected chi connectivity index (χ3v) is 3.99. The summed E-state index contributed by atoms with van der Waals surface area (Å²) in [6.45, 7) is 2.82. The second-order valence-corrected chi connectivity index (χ2v) is 5.79. The highest BCUT2D eigenvalue weighted by atomic mass is 16.2. The molecule has 0 fully saturated rings. The summed E-state index contributed by atoms with van der Waals surface area (Å²) in [5.41, 5.74) is 2.04. The fourth-order valence-corrected chi connectivity index (χ4v) is 2.83. The van der Waals surface area contributed by atoms with Gasteiger partial charge < -0.3 is 5.32 Å². The maximum Gasteiger partial charge on any atom is 0.275 e. The molecule has 1 N–H and O–H groups in total. The van der Waals surface area contributed by atoms with Gasteiger partial charge in [0.2, 0.25) is 0 Å². The molecule has 0 saturated heterocycles. The summed E-state index contributed by atoms with van der Waals surface area (Å²) in [6.07, 6.45) is 2.52. The number of carbonyl (C=O) groups is 1. The largest absolute Gasteiger partial charge is 0.303 e. The SMILES string of the molecule is CCCn1nc(NC(=O)c2ccccn2)c2cc3ccccc3nc21. The first kappa shape index (κ1) is 15.3. The Morgan fingerprint density at radius 3 is 2.80 bits per heavy atom. The van der Waals surface area contributed by atoms with E-state index in [0.717, 1.165) is 34.9 Å². The summed E-state index contributed by atoms with van der Waals surface area (Å²) >= 11 is 0. The van der Waals surface area contributed by atoms with Crippen molar-refractivity contribution < 1.29 is 4.79 Å². The van der Waals surface area contributed by atoms with Crippen molar-refractivity contribution in [3.05, 3.63) is 60.4 Å². The Morgan fingerprint density at radius 2 is 2.00 bits per heavy atom. The van der Waals surface area contributed by atoms with Gasteiger partial charge >= 0.3 is 0 Å². The van der Waals surface area contributed by atoms with Crippen molar-refractivity contribution in [2.45, 2.75) is 19.9 Å². The number of fused-ring (bicyclic) bond motifs is 2. The van der Waals surface area contributed by atoms with Gasteiger partial charge in [-0.2, -0.15) is 5.10 Å². The van der Waals surface area contributed by atoms with Gasteiger partial charge in [-0.05, 0) is 30.7 Å². The van der Waals surface area contributed by atoms with E-state index in [0.29, 0.717) is 11.5 Å². The van der Waals surface area contributed by atoms with E-state index >= 15 is 0 Å². The molecule has 0 atom stereocenters. The molecule has 0 radical (unpaired) electrons. The quantitative estimate of drug-likeness (QED) is 0.619. The standard InChI is InChI=1S/C19H17N5O/c1-2-11-24-18-14(12-13-7-3-4-8-15(13)21-18)17(23-24)22-19(25)16-9-5-6-10-20-16/h3-10,12H,2,11H2,1H3,(H,22,23,25). The molecule has 0 aliphatic rings. The summed E-state index contributed by atoms with van der Waals surface area (Å²) in [6, 6.07) is 15.2. The fourth-order valence-electron chi connectivity index (χ4n) is 2.83. The molecule has 4 rings (SSSR count). The van der Waals surface area contributed by atoms with Gasteiger partial charge in [-0.25, -0.2) is 9.67 Å². The maximum atomic E-state index is 12.4. The lowest BCUT2D eigenvalue weighted by Gasteiger charge is -2.02. The van der Waals surface area contributed by atoms with Crippen molar-refractivity contribution in [1.82, 2.24) is 19.7 Å². The first-order chi connectivity index (χ1) is 12.3. The number of pyridine rings is 2. The predicted octanol–water partition coefficient (Wildman–Crippen LogP) is 3.64. The van der Waals surface area contributed by atoms with E-state index in [1.807, 2.05) is 35.0 Å². The first-order valence-corrected chi connectivity index (χ1v) is 8.25. The number of hydrogen-bond donors (Lipinski definition) is 1. The highest BCUT2D eigenvalue weighted by Crippen LogP contribution is 2.26. The zero-order valence-electron chi connectivity index (χ0n) is 13.8. The molecule has 0 aliphatic heterocycles. The van der Waals surface area contributed by atoms with Crippen LogP contribution in [-0.4, -0.2) is 25.7 Å². The van der Waals surface area contributed by atoms with E-state index in [1.54, 1.807) is 24.4 Å². The molecule has 0 bridgehead atoms. The highest BCUT2D eigenvalue weighted by molar-refractivity contribution is 6.07. The Bertz CT molecular complexity index is 1060. The zero-order valence-corrected chi connectivity index (χ0v) is 13.8. The van der Waals surface area contributed by atoms with Crippen LogP contribution in [0.4, 0.5) is 5.82 Å². The first-order valence-electron chi connectivity index (χ1n) is 8.25. The summed E-state index contributed by atoms with van der Waals surface area (Å²) < 4.78 is 1.84. The molecular weight excluding hydrogens is 314 g/mol. The molecule has 1 aromatic carbocycles. The number of nitrogens with zero attached hydrogens (tertiary/aromatic N) is 4. The minimum absolute atomic E-state index is 0.281. The zero-order chi connectivity index (χ0) is 17.2. The Labute approximate surface area is 144 Å². The van der Waals surface area contributed by atoms with Crippen LogP contribution in [0.3, 0.4) is 0 Å². The van der Waals surface area contributed by atoms with Crippen LogP contribution in [0.15, 0.2) is 54.7 Å². The van der Waals surface area contributed by atoms with Gasteiger partial charge in [0.1, 0.15) is 5.69 Å². The van der Waals surface area contributed by atoms with Gasteiger partial charge in [0, 0.05) is 18.1 Å². The second-order valence-electron chi connectivity index (χ2n) is 5.79. The molecule has 124 valence electrons. The van der Waals surface area contributed by atoms with Crippen LogP contribution >= 0.6 is 0 Å². The smallest absolute Gasteiger partial charge is 0.275 e. The number of nitrogens with one attached hydrogen (secondary N) is 1. The van der Waals surface area contributed by atoms with E-state index < -0.39 is 0 Å². The molecule has 25 heavy (non-hydrogen) atoms. The van der Waals surface area contributed by atoms with Crippen molar-refractivity contribution in [3.8, 4) is 0 Å². The van der Waals surface area contributed by atoms with Crippen molar-refractivity contribution in [2.24, 2.45) is 0 Å². The molecule has 0 unspecified atom stereocenters. The molecular formula is C19H17N5O. The summed E-state index contributed by atoms with van der Waals surface area (Å²) in [5.74, 6) is 0.231. The van der Waals surface area contributed by atoms with Gasteiger partial charge in [0.25, 0.3) is 5.91 Å². The molecule has 0 spiro atoms. The van der Waals surface area contributed by atoms with Crippen LogP contribution in [0.25, 0.3) is 21.9 Å². The fraction of sp³-hybridized carbons (Fsp3) is 0.158. The minimum atomic E-state index is -0.281. The normalized spacial score (nSPS) is 11.1. The number of hydrogen-bond acceptors (Lipinski definition) is 4. The van der Waals surface area contributed by atoms with Crippen LogP contribution in [0, 0.1) is 0 Å². The summed E-state index contributed by atoms with van der Waals surface area (Å²) in [7, 11) is 0. The van der Waals surface area contributed by atoms with Crippen molar-refractivity contribution in [1.29, 1.82) is 0 Å². The van der Waals surface area contributed by atoms with Crippen molar-refractivity contribution >= 4 is 33.7 Å². The van der Waals surface area contributed by atoms with Crippen LogP contribution in [0.2, 0.25) is 0 Å². The number of anilines is 1. The number of carbonyl (C=O) groups excluding carboxylic acids is 1. The predicted molar refractivity (Wildman–Crippen MR) is 97.5 cm³/mol. The summed E-state index contributed by atoms with van der Waals surface area (Å²) in [4.78, 5) is 21.3. The third-order valence-electron chi connectivity index (χ3n) is 3.99. The van der Waals surface area contributed by atoms with Crippen molar-refractivity contribution in [2.75, 3.05) is 5.32 Å². The lowest BCUT2D eigenvalue weighted by Crippen LogP contribution is -2.14. The van der Waals surface area contributed by atoms with Gasteiger partial charge in [0.05, 0.1) is 10.9 Å².